The maximum atomic E-state index is 12.7. The van der Waals surface area contributed by atoms with Crippen LogP contribution in [0.1, 0.15) is 31.2 Å². The van der Waals surface area contributed by atoms with E-state index in [1.165, 1.54) is 16.2 Å². The molecule has 1 heterocycles. The second kappa shape index (κ2) is 9.37. The quantitative estimate of drug-likeness (QED) is 0.631. The van der Waals surface area contributed by atoms with Gasteiger partial charge in [-0.2, -0.15) is 0 Å². The molecule has 3 amide bonds. The van der Waals surface area contributed by atoms with Gasteiger partial charge in [-0.25, -0.2) is 0 Å². The minimum Gasteiger partial charge on any atom is -0.343 e. The molecule has 0 bridgehead atoms. The summed E-state index contributed by atoms with van der Waals surface area (Å²) >= 11 is 1.34. The number of para-hydroxylation sites is 2. The monoisotopic (exact) mass is 421 g/mol. The first kappa shape index (κ1) is 21.3. The second-order valence-electron chi connectivity index (χ2n) is 6.86. The number of nitrogens with zero attached hydrogens (tertiary/aromatic N) is 1. The van der Waals surface area contributed by atoms with Gasteiger partial charge in [0.25, 0.3) is 11.8 Å². The van der Waals surface area contributed by atoms with Crippen molar-refractivity contribution in [2.45, 2.75) is 13.8 Å². The molecule has 3 aromatic rings. The average Bonchev–Trinajstić information content (AvgIpc) is 3.28. The number of benzene rings is 2. The Kier molecular flexibility index (Phi) is 6.64. The molecule has 7 heteroatoms. The van der Waals surface area contributed by atoms with Gasteiger partial charge in [-0.05, 0) is 48.6 Å². The van der Waals surface area contributed by atoms with Gasteiger partial charge in [0.1, 0.15) is 0 Å². The first-order chi connectivity index (χ1) is 14.4. The summed E-state index contributed by atoms with van der Waals surface area (Å²) < 4.78 is 0. The molecule has 154 valence electrons. The van der Waals surface area contributed by atoms with E-state index in [2.05, 4.69) is 10.6 Å². The normalized spacial score (nSPS) is 10.4. The van der Waals surface area contributed by atoms with E-state index in [-0.39, 0.29) is 18.4 Å². The van der Waals surface area contributed by atoms with Crippen molar-refractivity contribution >= 4 is 40.4 Å². The molecule has 0 fully saturated rings. The summed E-state index contributed by atoms with van der Waals surface area (Å²) in [6.07, 6.45) is 0. The van der Waals surface area contributed by atoms with Crippen LogP contribution >= 0.6 is 11.3 Å². The molecule has 0 spiro atoms. The summed E-state index contributed by atoms with van der Waals surface area (Å²) in [5.41, 5.74) is 3.45. The second-order valence-corrected chi connectivity index (χ2v) is 7.80. The third kappa shape index (κ3) is 4.75. The zero-order valence-electron chi connectivity index (χ0n) is 17.1. The fourth-order valence-corrected chi connectivity index (χ4v) is 3.78. The summed E-state index contributed by atoms with van der Waals surface area (Å²) in [4.78, 5) is 39.8. The first-order valence-electron chi connectivity index (χ1n) is 9.43. The summed E-state index contributed by atoms with van der Waals surface area (Å²) in [6, 6.07) is 16.1. The minimum atomic E-state index is -0.423. The molecule has 30 heavy (non-hydrogen) atoms. The van der Waals surface area contributed by atoms with Crippen LogP contribution in [-0.2, 0) is 4.79 Å². The van der Waals surface area contributed by atoms with Crippen LogP contribution in [0, 0.1) is 13.8 Å². The zero-order chi connectivity index (χ0) is 21.7. The standard InChI is InChI=1S/C23H23N3O3S/c1-15-8-6-9-16(2)21(15)25-20(27)14-24-22(28)17-10-4-5-11-18(17)26(3)23(29)19-12-7-13-30-19/h4-13H,14H2,1-3H3,(H,24,28)(H,25,27). The van der Waals surface area contributed by atoms with Crippen molar-refractivity contribution in [1.29, 1.82) is 0 Å². The lowest BCUT2D eigenvalue weighted by Gasteiger charge is -2.20. The maximum Gasteiger partial charge on any atom is 0.268 e. The molecule has 0 unspecified atom stereocenters. The van der Waals surface area contributed by atoms with Crippen molar-refractivity contribution < 1.29 is 14.4 Å². The third-order valence-corrected chi connectivity index (χ3v) is 5.56. The number of carbonyl (C=O) groups is 3. The van der Waals surface area contributed by atoms with Gasteiger partial charge >= 0.3 is 0 Å². The lowest BCUT2D eigenvalue weighted by Crippen LogP contribution is -2.35. The van der Waals surface area contributed by atoms with E-state index in [1.807, 2.05) is 37.4 Å². The fourth-order valence-electron chi connectivity index (χ4n) is 3.08. The lowest BCUT2D eigenvalue weighted by atomic mass is 10.1. The Balaban J connectivity index is 1.69. The molecule has 1 aromatic heterocycles. The Morgan fingerprint density at radius 3 is 2.30 bits per heavy atom. The third-order valence-electron chi connectivity index (χ3n) is 4.70. The van der Waals surface area contributed by atoms with E-state index in [1.54, 1.807) is 43.4 Å². The molecule has 0 aliphatic rings. The molecular weight excluding hydrogens is 398 g/mol. The summed E-state index contributed by atoms with van der Waals surface area (Å²) in [6.45, 7) is 3.65. The molecule has 0 atom stereocenters. The van der Waals surface area contributed by atoms with Gasteiger partial charge in [-0.3, -0.25) is 14.4 Å². The summed E-state index contributed by atoms with van der Waals surface area (Å²) in [5.74, 6) is -0.938. The highest BCUT2D eigenvalue weighted by atomic mass is 32.1. The van der Waals surface area contributed by atoms with Crippen LogP contribution in [0.15, 0.2) is 60.0 Å². The van der Waals surface area contributed by atoms with E-state index in [0.29, 0.717) is 16.1 Å². The van der Waals surface area contributed by atoms with Gasteiger partial charge in [0.2, 0.25) is 5.91 Å². The van der Waals surface area contributed by atoms with Crippen LogP contribution in [-0.4, -0.2) is 31.3 Å². The number of nitrogens with one attached hydrogen (secondary N) is 2. The Bertz CT molecular complexity index is 1060. The fraction of sp³-hybridized carbons (Fsp3) is 0.174. The lowest BCUT2D eigenvalue weighted by molar-refractivity contribution is -0.115. The molecule has 0 aliphatic heterocycles. The topological polar surface area (TPSA) is 78.5 Å². The highest BCUT2D eigenvalue weighted by Gasteiger charge is 2.20. The molecule has 0 radical (unpaired) electrons. The number of rotatable bonds is 6. The zero-order valence-corrected chi connectivity index (χ0v) is 17.9. The van der Waals surface area contributed by atoms with E-state index in [0.717, 1.165) is 16.8 Å². The highest BCUT2D eigenvalue weighted by Crippen LogP contribution is 2.23. The number of aryl methyl sites for hydroxylation is 2. The maximum absolute atomic E-state index is 12.7. The van der Waals surface area contributed by atoms with Crippen LogP contribution in [0.3, 0.4) is 0 Å². The number of thiophene rings is 1. The van der Waals surface area contributed by atoms with Crippen LogP contribution < -0.4 is 15.5 Å². The molecule has 0 saturated heterocycles. The Hall–Kier alpha value is -3.45. The number of hydrogen-bond donors (Lipinski definition) is 2. The SMILES string of the molecule is Cc1cccc(C)c1NC(=O)CNC(=O)c1ccccc1N(C)C(=O)c1cccs1. The Morgan fingerprint density at radius 2 is 1.63 bits per heavy atom. The largest absolute Gasteiger partial charge is 0.343 e. The Labute approximate surface area is 179 Å². The molecular formula is C23H23N3O3S. The van der Waals surface area contributed by atoms with Gasteiger partial charge in [-0.15, -0.1) is 11.3 Å². The molecule has 2 N–H and O–H groups in total. The van der Waals surface area contributed by atoms with Gasteiger partial charge < -0.3 is 15.5 Å². The van der Waals surface area contributed by atoms with Crippen molar-refractivity contribution in [2.75, 3.05) is 23.8 Å². The number of anilines is 2. The van der Waals surface area contributed by atoms with E-state index in [4.69, 9.17) is 0 Å². The predicted octanol–water partition coefficient (Wildman–Crippen LogP) is 4.01. The molecule has 6 nitrogen and oxygen atoms in total. The van der Waals surface area contributed by atoms with Gasteiger partial charge in [0.15, 0.2) is 0 Å². The molecule has 0 saturated carbocycles. The van der Waals surface area contributed by atoms with Crippen molar-refractivity contribution in [1.82, 2.24) is 5.32 Å². The molecule has 3 rings (SSSR count). The van der Waals surface area contributed by atoms with Crippen molar-refractivity contribution in [3.63, 3.8) is 0 Å². The van der Waals surface area contributed by atoms with E-state index in [9.17, 15) is 14.4 Å². The van der Waals surface area contributed by atoms with Crippen molar-refractivity contribution in [2.24, 2.45) is 0 Å². The van der Waals surface area contributed by atoms with Gasteiger partial charge in [0.05, 0.1) is 22.7 Å². The van der Waals surface area contributed by atoms with Crippen LogP contribution in [0.4, 0.5) is 11.4 Å². The predicted molar refractivity (Wildman–Crippen MR) is 120 cm³/mol. The first-order valence-corrected chi connectivity index (χ1v) is 10.3. The highest BCUT2D eigenvalue weighted by molar-refractivity contribution is 7.12. The van der Waals surface area contributed by atoms with E-state index < -0.39 is 5.91 Å². The van der Waals surface area contributed by atoms with Crippen LogP contribution in [0.25, 0.3) is 0 Å². The van der Waals surface area contributed by atoms with Crippen LogP contribution in [0.5, 0.6) is 0 Å². The van der Waals surface area contributed by atoms with Gasteiger partial charge in [0, 0.05) is 12.7 Å². The summed E-state index contributed by atoms with van der Waals surface area (Å²) in [5, 5.41) is 7.31. The summed E-state index contributed by atoms with van der Waals surface area (Å²) in [7, 11) is 1.63. The Morgan fingerprint density at radius 1 is 0.933 bits per heavy atom. The van der Waals surface area contributed by atoms with E-state index >= 15 is 0 Å². The van der Waals surface area contributed by atoms with Gasteiger partial charge in [-0.1, -0.05) is 36.4 Å². The average molecular weight is 422 g/mol. The smallest absolute Gasteiger partial charge is 0.268 e. The minimum absolute atomic E-state index is 0.177. The number of hydrogen-bond acceptors (Lipinski definition) is 4. The van der Waals surface area contributed by atoms with Crippen molar-refractivity contribution in [3.8, 4) is 0 Å². The van der Waals surface area contributed by atoms with Crippen molar-refractivity contribution in [3.05, 3.63) is 81.5 Å². The van der Waals surface area contributed by atoms with Crippen LogP contribution in [0.2, 0.25) is 0 Å². The molecule has 0 aliphatic carbocycles. The number of carbonyl (C=O) groups excluding carboxylic acids is 3. The molecule has 2 aromatic carbocycles. The number of amides is 3.